The van der Waals surface area contributed by atoms with E-state index < -0.39 is 11.7 Å². The van der Waals surface area contributed by atoms with Gasteiger partial charge in [0.05, 0.1) is 10.8 Å². The van der Waals surface area contributed by atoms with Crippen molar-refractivity contribution in [1.82, 2.24) is 5.32 Å². The Balaban J connectivity index is 2.37. The summed E-state index contributed by atoms with van der Waals surface area (Å²) in [5.41, 5.74) is 1.33. The van der Waals surface area contributed by atoms with Crippen LogP contribution in [0.25, 0.3) is 6.08 Å². The van der Waals surface area contributed by atoms with Gasteiger partial charge in [0, 0.05) is 6.54 Å². The van der Waals surface area contributed by atoms with Gasteiger partial charge < -0.3 is 10.1 Å². The van der Waals surface area contributed by atoms with E-state index in [2.05, 4.69) is 27.7 Å². The minimum Gasteiger partial charge on any atom is -0.444 e. The van der Waals surface area contributed by atoms with Crippen LogP contribution in [0.4, 0.5) is 10.5 Å². The molecule has 0 aliphatic rings. The van der Waals surface area contributed by atoms with Gasteiger partial charge >= 0.3 is 6.09 Å². The van der Waals surface area contributed by atoms with Crippen LogP contribution in [0.1, 0.15) is 32.8 Å². The van der Waals surface area contributed by atoms with E-state index in [4.69, 9.17) is 4.74 Å². The van der Waals surface area contributed by atoms with E-state index in [0.29, 0.717) is 6.54 Å². The lowest BCUT2D eigenvalue weighted by atomic mass is 10.2. The first-order valence-electron chi connectivity index (χ1n) is 6.72. The predicted octanol–water partition coefficient (Wildman–Crippen LogP) is 4.35. The highest BCUT2D eigenvalue weighted by Crippen LogP contribution is 2.14. The number of isothiocyanates is 1. The Morgan fingerprint density at radius 3 is 2.90 bits per heavy atom. The number of hydrogen-bond donors (Lipinski definition) is 1. The molecule has 0 fully saturated rings. The number of nitrogens with one attached hydrogen (secondary N) is 1. The van der Waals surface area contributed by atoms with E-state index in [9.17, 15) is 4.79 Å². The van der Waals surface area contributed by atoms with Crippen LogP contribution in [0.3, 0.4) is 0 Å². The molecule has 0 aromatic heterocycles. The Labute approximate surface area is 130 Å². The predicted molar refractivity (Wildman–Crippen MR) is 89.0 cm³/mol. The molecule has 4 nitrogen and oxygen atoms in total. The molecule has 1 N–H and O–H groups in total. The van der Waals surface area contributed by atoms with E-state index in [1.54, 1.807) is 0 Å². The minimum atomic E-state index is -0.470. The molecule has 21 heavy (non-hydrogen) atoms. The number of alkyl carbamates (subject to hydrolysis) is 1. The second-order valence-electron chi connectivity index (χ2n) is 5.42. The molecule has 5 heteroatoms. The summed E-state index contributed by atoms with van der Waals surface area (Å²) >= 11 is 4.57. The van der Waals surface area contributed by atoms with Gasteiger partial charge in [-0.2, -0.15) is 4.99 Å². The zero-order valence-electron chi connectivity index (χ0n) is 12.6. The molecule has 0 aliphatic carbocycles. The summed E-state index contributed by atoms with van der Waals surface area (Å²) in [6.45, 7) is 6.04. The Bertz CT molecular complexity index is 556. The highest BCUT2D eigenvalue weighted by Gasteiger charge is 2.14. The molecular weight excluding hydrogens is 284 g/mol. The number of hydrogen-bond acceptors (Lipinski definition) is 4. The Kier molecular flexibility index (Phi) is 6.79. The molecule has 0 saturated heterocycles. The van der Waals surface area contributed by atoms with Gasteiger partial charge in [0.2, 0.25) is 0 Å². The lowest BCUT2D eigenvalue weighted by Gasteiger charge is -2.19. The van der Waals surface area contributed by atoms with Crippen LogP contribution in [0.2, 0.25) is 0 Å². The third-order valence-electron chi connectivity index (χ3n) is 2.33. The summed E-state index contributed by atoms with van der Waals surface area (Å²) in [7, 11) is 0. The highest BCUT2D eigenvalue weighted by molar-refractivity contribution is 7.78. The van der Waals surface area contributed by atoms with Crippen molar-refractivity contribution in [2.45, 2.75) is 32.8 Å². The summed E-state index contributed by atoms with van der Waals surface area (Å²) in [6, 6.07) is 7.65. The van der Waals surface area contributed by atoms with Crippen LogP contribution < -0.4 is 5.32 Å². The molecule has 0 bridgehead atoms. The fraction of sp³-hybridized carbons (Fsp3) is 0.375. The zero-order chi connectivity index (χ0) is 15.7. The molecule has 0 unspecified atom stereocenters. The first-order chi connectivity index (χ1) is 9.90. The average molecular weight is 304 g/mol. The lowest BCUT2D eigenvalue weighted by Crippen LogP contribution is -2.32. The van der Waals surface area contributed by atoms with Crippen LogP contribution in [-0.2, 0) is 4.74 Å². The smallest absolute Gasteiger partial charge is 0.407 e. The fourth-order valence-corrected chi connectivity index (χ4v) is 1.65. The van der Waals surface area contributed by atoms with E-state index in [1.165, 1.54) is 0 Å². The van der Waals surface area contributed by atoms with Gasteiger partial charge in [0.25, 0.3) is 0 Å². The molecular formula is C16H20N2O2S. The van der Waals surface area contributed by atoms with Gasteiger partial charge in [-0.15, -0.1) is 0 Å². The molecule has 1 aromatic rings. The second-order valence-corrected chi connectivity index (χ2v) is 5.60. The molecule has 0 spiro atoms. The van der Waals surface area contributed by atoms with Gasteiger partial charge in [0.15, 0.2) is 0 Å². The van der Waals surface area contributed by atoms with Crippen LogP contribution in [0, 0.1) is 0 Å². The summed E-state index contributed by atoms with van der Waals surface area (Å²) in [4.78, 5) is 15.3. The number of carbonyl (C=O) groups is 1. The standard InChI is InChI=1S/C16H20N2O2S/c1-16(2,3)20-15(19)17-10-5-4-7-13-8-6-9-14(11-13)18-12-21/h4,6-9,11H,5,10H2,1-3H3,(H,17,19). The summed E-state index contributed by atoms with van der Waals surface area (Å²) in [6.07, 6.45) is 4.28. The van der Waals surface area contributed by atoms with Gasteiger partial charge in [-0.1, -0.05) is 24.3 Å². The molecule has 0 heterocycles. The topological polar surface area (TPSA) is 50.7 Å². The second kappa shape index (κ2) is 8.35. The molecule has 112 valence electrons. The van der Waals surface area contributed by atoms with Crippen molar-refractivity contribution in [2.24, 2.45) is 4.99 Å². The molecule has 0 atom stereocenters. The largest absolute Gasteiger partial charge is 0.444 e. The van der Waals surface area contributed by atoms with Gasteiger partial charge in [-0.25, -0.2) is 4.79 Å². The number of carbonyl (C=O) groups excluding carboxylic acids is 1. The SMILES string of the molecule is CC(C)(C)OC(=O)NCCC=Cc1cccc(N=C=S)c1. The van der Waals surface area contributed by atoms with Gasteiger partial charge in [-0.3, -0.25) is 0 Å². The van der Waals surface area contributed by atoms with Crippen molar-refractivity contribution in [3.63, 3.8) is 0 Å². The maximum Gasteiger partial charge on any atom is 0.407 e. The normalized spacial score (nSPS) is 11.0. The average Bonchev–Trinajstić information content (AvgIpc) is 2.37. The molecule has 1 aromatic carbocycles. The van der Waals surface area contributed by atoms with Gasteiger partial charge in [0.1, 0.15) is 5.60 Å². The van der Waals surface area contributed by atoms with E-state index in [-0.39, 0.29) is 0 Å². The van der Waals surface area contributed by atoms with Crippen molar-refractivity contribution < 1.29 is 9.53 Å². The maximum atomic E-state index is 11.4. The number of ether oxygens (including phenoxy) is 1. The number of nitrogens with zero attached hydrogens (tertiary/aromatic N) is 1. The third kappa shape index (κ3) is 8.02. The number of thiocarbonyl (C=S) groups is 1. The fourth-order valence-electron chi connectivity index (χ4n) is 1.54. The Morgan fingerprint density at radius 1 is 1.48 bits per heavy atom. The molecule has 0 aliphatic heterocycles. The molecule has 1 rings (SSSR count). The summed E-state index contributed by atoms with van der Waals surface area (Å²) in [5, 5.41) is 5.04. The van der Waals surface area contributed by atoms with Gasteiger partial charge in [-0.05, 0) is 57.1 Å². The Morgan fingerprint density at radius 2 is 2.24 bits per heavy atom. The zero-order valence-corrected chi connectivity index (χ0v) is 13.4. The number of amides is 1. The van der Waals surface area contributed by atoms with E-state index in [0.717, 1.165) is 17.7 Å². The van der Waals surface area contributed by atoms with Crippen molar-refractivity contribution in [3.8, 4) is 0 Å². The lowest BCUT2D eigenvalue weighted by molar-refractivity contribution is 0.0529. The first-order valence-corrected chi connectivity index (χ1v) is 7.13. The van der Waals surface area contributed by atoms with Crippen molar-refractivity contribution in [3.05, 3.63) is 35.9 Å². The van der Waals surface area contributed by atoms with Crippen LogP contribution in [0.5, 0.6) is 0 Å². The van der Waals surface area contributed by atoms with Crippen LogP contribution in [0.15, 0.2) is 35.3 Å². The molecule has 0 radical (unpaired) electrons. The molecule has 0 saturated carbocycles. The number of rotatable bonds is 5. The van der Waals surface area contributed by atoms with Crippen LogP contribution >= 0.6 is 12.2 Å². The van der Waals surface area contributed by atoms with Crippen LogP contribution in [-0.4, -0.2) is 23.4 Å². The quantitative estimate of drug-likeness (QED) is 0.500. The molecule has 1 amide bonds. The van der Waals surface area contributed by atoms with Crippen molar-refractivity contribution in [2.75, 3.05) is 6.54 Å². The number of benzene rings is 1. The van der Waals surface area contributed by atoms with Crippen molar-refractivity contribution in [1.29, 1.82) is 0 Å². The minimum absolute atomic E-state index is 0.395. The maximum absolute atomic E-state index is 11.4. The van der Waals surface area contributed by atoms with E-state index >= 15 is 0 Å². The highest BCUT2D eigenvalue weighted by atomic mass is 32.1. The summed E-state index contributed by atoms with van der Waals surface area (Å²) in [5.74, 6) is 0. The van der Waals surface area contributed by atoms with Crippen molar-refractivity contribution >= 4 is 35.2 Å². The first kappa shape index (κ1) is 17.1. The Hall–Kier alpha value is -1.97. The third-order valence-corrected chi connectivity index (χ3v) is 2.43. The van der Waals surface area contributed by atoms with E-state index in [1.807, 2.05) is 57.2 Å². The number of aliphatic imine (C=N–C) groups is 1. The summed E-state index contributed by atoms with van der Waals surface area (Å²) < 4.78 is 5.14. The monoisotopic (exact) mass is 304 g/mol.